The molecule has 1 aliphatic heterocycles. The van der Waals surface area contributed by atoms with Crippen molar-refractivity contribution in [2.45, 2.75) is 53.6 Å². The Morgan fingerprint density at radius 1 is 1.37 bits per heavy atom. The van der Waals surface area contributed by atoms with E-state index in [-0.39, 0.29) is 10.7 Å². The summed E-state index contributed by atoms with van der Waals surface area (Å²) in [5.41, 5.74) is 0.928. The highest BCUT2D eigenvalue weighted by atomic mass is 35.5. The smallest absolute Gasteiger partial charge is 0.407 e. The standard InChI is InChI=1S/C20H30ClN7O2/c1-7-28-13(2)10-15(25-28)23-16-14(11-22-17(21)24-16)26-8-9-27(18(29)30)20(6,12-26)19(3,4)5/h10-11H,7-9,12H2,1-6H3,(H,29,30)(H,22,23,24,25). The van der Waals surface area contributed by atoms with Crippen LogP contribution >= 0.6 is 11.6 Å². The molecule has 1 fully saturated rings. The van der Waals surface area contributed by atoms with Gasteiger partial charge in [-0.25, -0.2) is 9.78 Å². The van der Waals surface area contributed by atoms with Crippen LogP contribution in [0, 0.1) is 12.3 Å². The first-order valence-corrected chi connectivity index (χ1v) is 10.4. The van der Waals surface area contributed by atoms with Gasteiger partial charge in [-0.15, -0.1) is 0 Å². The predicted molar refractivity (Wildman–Crippen MR) is 118 cm³/mol. The summed E-state index contributed by atoms with van der Waals surface area (Å²) in [7, 11) is 0. The summed E-state index contributed by atoms with van der Waals surface area (Å²) in [5.74, 6) is 1.23. The second kappa shape index (κ2) is 7.94. The van der Waals surface area contributed by atoms with Crippen LogP contribution in [0.5, 0.6) is 0 Å². The zero-order chi connectivity index (χ0) is 22.3. The molecule has 0 bridgehead atoms. The first-order valence-electron chi connectivity index (χ1n) is 10.1. The Balaban J connectivity index is 1.96. The van der Waals surface area contributed by atoms with Gasteiger partial charge in [-0.05, 0) is 37.8 Å². The number of halogens is 1. The van der Waals surface area contributed by atoms with Crippen molar-refractivity contribution in [1.29, 1.82) is 0 Å². The number of carboxylic acid groups (broad SMARTS) is 1. The van der Waals surface area contributed by atoms with E-state index in [1.54, 1.807) is 11.1 Å². The molecular formula is C20H30ClN7O2. The Bertz CT molecular complexity index is 940. The summed E-state index contributed by atoms with van der Waals surface area (Å²) >= 11 is 6.09. The first kappa shape index (κ1) is 22.1. The molecule has 1 saturated heterocycles. The van der Waals surface area contributed by atoms with Gasteiger partial charge in [0.05, 0.1) is 17.4 Å². The maximum atomic E-state index is 11.9. The van der Waals surface area contributed by atoms with Crippen LogP contribution in [0.1, 0.15) is 40.3 Å². The lowest BCUT2D eigenvalue weighted by Gasteiger charge is -2.54. The molecule has 10 heteroatoms. The Hall–Kier alpha value is -2.55. The van der Waals surface area contributed by atoms with Crippen LogP contribution in [0.4, 0.5) is 22.1 Å². The molecule has 2 aromatic rings. The molecule has 164 valence electrons. The second-order valence-corrected chi connectivity index (χ2v) is 9.20. The fourth-order valence-corrected chi connectivity index (χ4v) is 3.98. The molecule has 0 saturated carbocycles. The van der Waals surface area contributed by atoms with Crippen LogP contribution in [0.3, 0.4) is 0 Å². The lowest BCUT2D eigenvalue weighted by Crippen LogP contribution is -2.67. The number of hydrogen-bond donors (Lipinski definition) is 2. The molecule has 0 aliphatic carbocycles. The summed E-state index contributed by atoms with van der Waals surface area (Å²) in [6.07, 6.45) is 0.777. The average molecular weight is 436 g/mol. The molecule has 0 radical (unpaired) electrons. The molecule has 1 amide bonds. The number of carbonyl (C=O) groups is 1. The third-order valence-electron chi connectivity index (χ3n) is 6.14. The van der Waals surface area contributed by atoms with E-state index < -0.39 is 11.6 Å². The van der Waals surface area contributed by atoms with Gasteiger partial charge in [0.15, 0.2) is 11.6 Å². The number of hydrogen-bond acceptors (Lipinski definition) is 6. The maximum absolute atomic E-state index is 11.9. The third-order valence-corrected chi connectivity index (χ3v) is 6.32. The Morgan fingerprint density at radius 2 is 2.07 bits per heavy atom. The molecule has 0 spiro atoms. The minimum absolute atomic E-state index is 0.135. The van der Waals surface area contributed by atoms with Gasteiger partial charge in [0.25, 0.3) is 0 Å². The van der Waals surface area contributed by atoms with Crippen molar-refractivity contribution in [2.24, 2.45) is 5.41 Å². The van der Waals surface area contributed by atoms with Gasteiger partial charge in [0.2, 0.25) is 5.28 Å². The SMILES string of the molecule is CCn1nc(Nc2nc(Cl)ncc2N2CCN(C(=O)O)C(C)(C(C)(C)C)C2)cc1C. The van der Waals surface area contributed by atoms with E-state index in [1.807, 2.05) is 31.5 Å². The highest BCUT2D eigenvalue weighted by Gasteiger charge is 2.49. The predicted octanol–water partition coefficient (Wildman–Crippen LogP) is 4.00. The van der Waals surface area contributed by atoms with Crippen LogP contribution < -0.4 is 10.2 Å². The number of amides is 1. The molecular weight excluding hydrogens is 406 g/mol. The first-order chi connectivity index (χ1) is 14.0. The van der Waals surface area contributed by atoms with Crippen LogP contribution in [0.25, 0.3) is 0 Å². The highest BCUT2D eigenvalue weighted by molar-refractivity contribution is 6.28. The summed E-state index contributed by atoms with van der Waals surface area (Å²) in [6.45, 7) is 14.4. The topological polar surface area (TPSA) is 99.4 Å². The monoisotopic (exact) mass is 435 g/mol. The highest BCUT2D eigenvalue weighted by Crippen LogP contribution is 2.40. The van der Waals surface area contributed by atoms with E-state index in [4.69, 9.17) is 11.6 Å². The fraction of sp³-hybridized carbons (Fsp3) is 0.600. The number of aromatic nitrogens is 4. The van der Waals surface area contributed by atoms with Crippen LogP contribution in [0.2, 0.25) is 5.28 Å². The zero-order valence-corrected chi connectivity index (χ0v) is 19.2. The molecule has 2 N–H and O–H groups in total. The Labute approximate surface area is 182 Å². The van der Waals surface area contributed by atoms with Crippen LogP contribution in [0.15, 0.2) is 12.3 Å². The van der Waals surface area contributed by atoms with E-state index in [9.17, 15) is 9.90 Å². The van der Waals surface area contributed by atoms with E-state index in [1.165, 1.54) is 0 Å². The molecule has 1 atom stereocenters. The van der Waals surface area contributed by atoms with Crippen molar-refractivity contribution in [2.75, 3.05) is 29.9 Å². The maximum Gasteiger partial charge on any atom is 0.407 e. The minimum atomic E-state index is -0.904. The van der Waals surface area contributed by atoms with Gasteiger partial charge in [-0.2, -0.15) is 10.1 Å². The Morgan fingerprint density at radius 3 is 2.63 bits per heavy atom. The molecule has 1 aliphatic rings. The second-order valence-electron chi connectivity index (χ2n) is 8.86. The van der Waals surface area contributed by atoms with E-state index >= 15 is 0 Å². The van der Waals surface area contributed by atoms with E-state index in [2.05, 4.69) is 46.1 Å². The van der Waals surface area contributed by atoms with Crippen LogP contribution in [-0.2, 0) is 6.54 Å². The molecule has 3 heterocycles. The lowest BCUT2D eigenvalue weighted by atomic mass is 9.72. The minimum Gasteiger partial charge on any atom is -0.465 e. The summed E-state index contributed by atoms with van der Waals surface area (Å²) in [5, 5.41) is 17.7. The van der Waals surface area contributed by atoms with Crippen molar-refractivity contribution in [3.63, 3.8) is 0 Å². The zero-order valence-electron chi connectivity index (χ0n) is 18.4. The molecule has 0 aromatic carbocycles. The van der Waals surface area contributed by atoms with Crippen LogP contribution in [-0.4, -0.2) is 61.0 Å². The number of anilines is 3. The van der Waals surface area contributed by atoms with Crippen molar-refractivity contribution in [1.82, 2.24) is 24.6 Å². The Kier molecular flexibility index (Phi) is 5.86. The van der Waals surface area contributed by atoms with Crippen molar-refractivity contribution >= 4 is 35.0 Å². The molecule has 1 unspecified atom stereocenters. The summed E-state index contributed by atoms with van der Waals surface area (Å²) in [6, 6.07) is 1.95. The lowest BCUT2D eigenvalue weighted by molar-refractivity contribution is 0.00747. The molecule has 2 aromatic heterocycles. The molecule has 9 nitrogen and oxygen atoms in total. The molecule has 30 heavy (non-hydrogen) atoms. The number of piperazine rings is 1. The summed E-state index contributed by atoms with van der Waals surface area (Å²) < 4.78 is 1.90. The van der Waals surface area contributed by atoms with Gasteiger partial charge >= 0.3 is 6.09 Å². The average Bonchev–Trinajstić information content (AvgIpc) is 2.99. The van der Waals surface area contributed by atoms with Gasteiger partial charge in [-0.3, -0.25) is 9.58 Å². The summed E-state index contributed by atoms with van der Waals surface area (Å²) in [4.78, 5) is 24.1. The number of nitrogens with one attached hydrogen (secondary N) is 1. The van der Waals surface area contributed by atoms with Gasteiger partial charge in [0.1, 0.15) is 0 Å². The number of aryl methyl sites for hydroxylation is 2. The number of nitrogens with zero attached hydrogens (tertiary/aromatic N) is 6. The normalized spacial score (nSPS) is 19.8. The number of rotatable bonds is 4. The fourth-order valence-electron chi connectivity index (χ4n) is 3.85. The van der Waals surface area contributed by atoms with Gasteiger partial charge in [0, 0.05) is 37.9 Å². The quantitative estimate of drug-likeness (QED) is 0.700. The third kappa shape index (κ3) is 4.03. The van der Waals surface area contributed by atoms with E-state index in [0.29, 0.717) is 31.3 Å². The van der Waals surface area contributed by atoms with Crippen molar-refractivity contribution in [3.8, 4) is 0 Å². The van der Waals surface area contributed by atoms with E-state index in [0.717, 1.165) is 17.9 Å². The largest absolute Gasteiger partial charge is 0.465 e. The van der Waals surface area contributed by atoms with Gasteiger partial charge < -0.3 is 15.3 Å². The van der Waals surface area contributed by atoms with Crippen molar-refractivity contribution in [3.05, 3.63) is 23.2 Å². The van der Waals surface area contributed by atoms with Crippen molar-refractivity contribution < 1.29 is 9.90 Å². The molecule has 3 rings (SSSR count). The van der Waals surface area contributed by atoms with Gasteiger partial charge in [-0.1, -0.05) is 20.8 Å².